The van der Waals surface area contributed by atoms with Gasteiger partial charge in [-0.2, -0.15) is 0 Å². The number of carbonyl (C=O) groups is 1. The molecule has 0 radical (unpaired) electrons. The summed E-state index contributed by atoms with van der Waals surface area (Å²) < 4.78 is 24.1. The fourth-order valence-electron chi connectivity index (χ4n) is 2.77. The van der Waals surface area contributed by atoms with Gasteiger partial charge in [0.2, 0.25) is 0 Å². The average Bonchev–Trinajstić information content (AvgIpc) is 2.63. The number of likely N-dealkylation sites (N-methyl/N-ethyl adjacent to an activating group) is 1. The predicted molar refractivity (Wildman–Crippen MR) is 97.3 cm³/mol. The molecule has 7 heteroatoms. The lowest BCUT2D eigenvalue weighted by molar-refractivity contribution is 0.171. The molecule has 1 unspecified atom stereocenters. The van der Waals surface area contributed by atoms with E-state index in [1.807, 2.05) is 19.0 Å². The molecule has 3 rings (SSSR count). The highest BCUT2D eigenvalue weighted by Crippen LogP contribution is 2.32. The van der Waals surface area contributed by atoms with Crippen molar-refractivity contribution in [1.29, 1.82) is 0 Å². The number of carbonyl (C=O) groups excluding carboxylic acids is 1. The first-order chi connectivity index (χ1) is 12.5. The summed E-state index contributed by atoms with van der Waals surface area (Å²) in [6, 6.07) is 11.2. The minimum absolute atomic E-state index is 0.0679. The van der Waals surface area contributed by atoms with Gasteiger partial charge in [-0.3, -0.25) is 0 Å². The topological polar surface area (TPSA) is 62.8 Å². The summed E-state index contributed by atoms with van der Waals surface area (Å²) in [5.41, 5.74) is 1.55. The Hall–Kier alpha value is -2.80. The Morgan fingerprint density at radius 2 is 1.81 bits per heavy atom. The molecule has 1 aliphatic heterocycles. The van der Waals surface area contributed by atoms with Gasteiger partial charge in [0.15, 0.2) is 11.5 Å². The lowest BCUT2D eigenvalue weighted by atomic mass is 10.1. The number of halogens is 1. The molecule has 1 heterocycles. The number of urea groups is 1. The molecule has 2 amide bonds. The van der Waals surface area contributed by atoms with Gasteiger partial charge in [0.25, 0.3) is 0 Å². The van der Waals surface area contributed by atoms with Crippen molar-refractivity contribution in [2.45, 2.75) is 6.04 Å². The van der Waals surface area contributed by atoms with Crippen LogP contribution in [0.1, 0.15) is 11.6 Å². The maximum atomic E-state index is 13.1. The van der Waals surface area contributed by atoms with E-state index in [4.69, 9.17) is 9.47 Å². The molecule has 1 aliphatic rings. The normalized spacial score (nSPS) is 14.0. The Labute approximate surface area is 151 Å². The van der Waals surface area contributed by atoms with Gasteiger partial charge in [-0.25, -0.2) is 9.18 Å². The van der Waals surface area contributed by atoms with Crippen LogP contribution in [0.3, 0.4) is 0 Å². The molecule has 26 heavy (non-hydrogen) atoms. The molecule has 0 fully saturated rings. The van der Waals surface area contributed by atoms with Gasteiger partial charge in [0.1, 0.15) is 19.0 Å². The van der Waals surface area contributed by atoms with Crippen LogP contribution in [-0.2, 0) is 0 Å². The van der Waals surface area contributed by atoms with E-state index in [9.17, 15) is 9.18 Å². The van der Waals surface area contributed by atoms with Crippen molar-refractivity contribution in [3.05, 3.63) is 53.8 Å². The largest absolute Gasteiger partial charge is 0.486 e. The molecule has 0 saturated carbocycles. The van der Waals surface area contributed by atoms with E-state index in [1.165, 1.54) is 12.1 Å². The Bertz CT molecular complexity index is 765. The van der Waals surface area contributed by atoms with Crippen molar-refractivity contribution in [2.24, 2.45) is 0 Å². The first kappa shape index (κ1) is 18.0. The first-order valence-corrected chi connectivity index (χ1v) is 8.39. The van der Waals surface area contributed by atoms with Gasteiger partial charge in [-0.05, 0) is 43.9 Å². The third-order valence-electron chi connectivity index (χ3n) is 4.13. The molecule has 0 saturated heterocycles. The number of anilines is 1. The Morgan fingerprint density at radius 3 is 2.50 bits per heavy atom. The van der Waals surface area contributed by atoms with Crippen molar-refractivity contribution in [3.8, 4) is 11.5 Å². The molecular formula is C19H22FN3O3. The third-order valence-corrected chi connectivity index (χ3v) is 4.13. The van der Waals surface area contributed by atoms with E-state index in [0.29, 0.717) is 36.9 Å². The second-order valence-corrected chi connectivity index (χ2v) is 6.22. The highest BCUT2D eigenvalue weighted by Gasteiger charge is 2.16. The molecule has 0 aliphatic carbocycles. The Balaban J connectivity index is 1.59. The highest BCUT2D eigenvalue weighted by atomic mass is 19.1. The van der Waals surface area contributed by atoms with Crippen LogP contribution >= 0.6 is 0 Å². The van der Waals surface area contributed by atoms with Crippen LogP contribution in [0.25, 0.3) is 0 Å². The van der Waals surface area contributed by atoms with Crippen molar-refractivity contribution in [2.75, 3.05) is 39.2 Å². The number of fused-ring (bicyclic) bond motifs is 1. The fourth-order valence-corrected chi connectivity index (χ4v) is 2.77. The van der Waals surface area contributed by atoms with Crippen LogP contribution in [0.4, 0.5) is 14.9 Å². The monoisotopic (exact) mass is 359 g/mol. The van der Waals surface area contributed by atoms with Crippen molar-refractivity contribution in [3.63, 3.8) is 0 Å². The van der Waals surface area contributed by atoms with Crippen molar-refractivity contribution in [1.82, 2.24) is 10.2 Å². The van der Waals surface area contributed by atoms with Crippen LogP contribution in [0.2, 0.25) is 0 Å². The van der Waals surface area contributed by atoms with Crippen LogP contribution in [0.15, 0.2) is 42.5 Å². The molecular weight excluding hydrogens is 337 g/mol. The number of nitrogens with zero attached hydrogens (tertiary/aromatic N) is 1. The van der Waals surface area contributed by atoms with E-state index < -0.39 is 0 Å². The third kappa shape index (κ3) is 4.43. The fraction of sp³-hybridized carbons (Fsp3) is 0.316. The number of hydrogen-bond donors (Lipinski definition) is 2. The van der Waals surface area contributed by atoms with E-state index in [2.05, 4.69) is 10.6 Å². The Kier molecular flexibility index (Phi) is 5.58. The highest BCUT2D eigenvalue weighted by molar-refractivity contribution is 5.89. The second kappa shape index (κ2) is 8.05. The maximum Gasteiger partial charge on any atom is 0.319 e. The van der Waals surface area contributed by atoms with Gasteiger partial charge >= 0.3 is 6.03 Å². The predicted octanol–water partition coefficient (Wildman–Crippen LogP) is 3.02. The number of ether oxygens (including phenoxy) is 2. The van der Waals surface area contributed by atoms with Crippen LogP contribution in [0.5, 0.6) is 11.5 Å². The summed E-state index contributed by atoms with van der Waals surface area (Å²) in [6.07, 6.45) is 0. The van der Waals surface area contributed by atoms with Crippen LogP contribution in [0, 0.1) is 5.82 Å². The maximum absolute atomic E-state index is 13.1. The van der Waals surface area contributed by atoms with E-state index in [-0.39, 0.29) is 17.9 Å². The zero-order chi connectivity index (χ0) is 18.5. The summed E-state index contributed by atoms with van der Waals surface area (Å²) in [7, 11) is 3.82. The lowest BCUT2D eigenvalue weighted by Gasteiger charge is -2.25. The molecule has 6 nitrogen and oxygen atoms in total. The minimum Gasteiger partial charge on any atom is -0.486 e. The van der Waals surface area contributed by atoms with Crippen molar-refractivity contribution < 1.29 is 18.7 Å². The SMILES string of the molecule is CN(C)C(CNC(=O)Nc1ccc2c(c1)OCCO2)c1ccc(F)cc1. The minimum atomic E-state index is -0.323. The van der Waals surface area contributed by atoms with Gasteiger partial charge in [0, 0.05) is 18.3 Å². The van der Waals surface area contributed by atoms with E-state index in [0.717, 1.165) is 5.56 Å². The summed E-state index contributed by atoms with van der Waals surface area (Å²) in [5.74, 6) is 1.01. The zero-order valence-corrected chi connectivity index (χ0v) is 14.8. The van der Waals surface area contributed by atoms with Gasteiger partial charge in [-0.15, -0.1) is 0 Å². The quantitative estimate of drug-likeness (QED) is 0.861. The van der Waals surface area contributed by atoms with Gasteiger partial charge in [0.05, 0.1) is 6.04 Å². The van der Waals surface area contributed by atoms with E-state index in [1.54, 1.807) is 30.3 Å². The number of benzene rings is 2. The summed E-state index contributed by atoms with van der Waals surface area (Å²) >= 11 is 0. The van der Waals surface area contributed by atoms with Gasteiger partial charge < -0.3 is 25.0 Å². The lowest BCUT2D eigenvalue weighted by Crippen LogP contribution is -2.36. The molecule has 0 aromatic heterocycles. The Morgan fingerprint density at radius 1 is 1.12 bits per heavy atom. The average molecular weight is 359 g/mol. The van der Waals surface area contributed by atoms with Gasteiger partial charge in [-0.1, -0.05) is 12.1 Å². The molecule has 2 N–H and O–H groups in total. The molecule has 0 spiro atoms. The van der Waals surface area contributed by atoms with E-state index >= 15 is 0 Å². The molecule has 0 bridgehead atoms. The molecule has 2 aromatic rings. The molecule has 2 aromatic carbocycles. The summed E-state index contributed by atoms with van der Waals surface area (Å²) in [6.45, 7) is 1.40. The number of hydrogen-bond acceptors (Lipinski definition) is 4. The summed E-state index contributed by atoms with van der Waals surface area (Å²) in [5, 5.41) is 5.63. The second-order valence-electron chi connectivity index (χ2n) is 6.22. The first-order valence-electron chi connectivity index (χ1n) is 8.39. The number of nitrogens with one attached hydrogen (secondary N) is 2. The zero-order valence-electron chi connectivity index (χ0n) is 14.8. The van der Waals surface area contributed by atoms with Crippen LogP contribution in [-0.4, -0.2) is 44.8 Å². The summed E-state index contributed by atoms with van der Waals surface area (Å²) in [4.78, 5) is 14.2. The smallest absolute Gasteiger partial charge is 0.319 e. The van der Waals surface area contributed by atoms with Crippen LogP contribution < -0.4 is 20.1 Å². The number of rotatable bonds is 5. The molecule has 1 atom stereocenters. The number of amides is 2. The molecule has 138 valence electrons. The standard InChI is InChI=1S/C19H22FN3O3/c1-23(2)16(13-3-5-14(20)6-4-13)12-21-19(24)22-15-7-8-17-18(11-15)26-10-9-25-17/h3-8,11,16H,9-10,12H2,1-2H3,(H2,21,22,24). The van der Waals surface area contributed by atoms with Crippen molar-refractivity contribution >= 4 is 11.7 Å².